The molecule has 4 rings (SSSR count). The van der Waals surface area contributed by atoms with Gasteiger partial charge in [-0.2, -0.15) is 0 Å². The predicted octanol–water partition coefficient (Wildman–Crippen LogP) is 5.86. The number of unbranched alkanes of at least 4 members (excludes halogenated alkanes) is 1. The third-order valence-electron chi connectivity index (χ3n) is 6.39. The van der Waals surface area contributed by atoms with Crippen molar-refractivity contribution in [2.75, 3.05) is 27.9 Å². The highest BCUT2D eigenvalue weighted by molar-refractivity contribution is 5.98. The van der Waals surface area contributed by atoms with Crippen molar-refractivity contribution in [2.24, 2.45) is 0 Å². The molecule has 0 spiro atoms. The second-order valence-electron chi connectivity index (χ2n) is 8.78. The lowest BCUT2D eigenvalue weighted by molar-refractivity contribution is 0.0950. The van der Waals surface area contributed by atoms with Crippen LogP contribution in [-0.4, -0.2) is 43.4 Å². The number of benzene rings is 3. The van der Waals surface area contributed by atoms with Crippen molar-refractivity contribution in [3.63, 3.8) is 0 Å². The van der Waals surface area contributed by atoms with Crippen LogP contribution >= 0.6 is 0 Å². The van der Waals surface area contributed by atoms with Crippen LogP contribution in [0.25, 0.3) is 22.4 Å². The molecule has 200 valence electrons. The number of amides is 1. The second kappa shape index (κ2) is 12.4. The van der Waals surface area contributed by atoms with Gasteiger partial charge in [0.15, 0.2) is 23.0 Å². The second-order valence-corrected chi connectivity index (χ2v) is 8.78. The Labute approximate surface area is 223 Å². The molecule has 0 saturated carbocycles. The normalized spacial score (nSPS) is 10.9. The molecule has 0 bridgehead atoms. The Hall–Kier alpha value is -4.20. The van der Waals surface area contributed by atoms with Crippen molar-refractivity contribution < 1.29 is 23.7 Å². The number of hydrogen-bond acceptors (Lipinski definition) is 6. The summed E-state index contributed by atoms with van der Waals surface area (Å²) in [6, 6.07) is 17.1. The largest absolute Gasteiger partial charge is 0.493 e. The maximum Gasteiger partial charge on any atom is 0.251 e. The predicted molar refractivity (Wildman–Crippen MR) is 149 cm³/mol. The number of carbonyl (C=O) groups is 1. The molecule has 8 nitrogen and oxygen atoms in total. The minimum absolute atomic E-state index is 0.190. The number of imidazole rings is 1. The number of methoxy groups -OCH3 is 3. The van der Waals surface area contributed by atoms with Gasteiger partial charge in [0.05, 0.1) is 39.0 Å². The van der Waals surface area contributed by atoms with Crippen LogP contribution in [-0.2, 0) is 13.1 Å². The maximum absolute atomic E-state index is 13.1. The Morgan fingerprint density at radius 1 is 0.921 bits per heavy atom. The highest BCUT2D eigenvalue weighted by atomic mass is 16.5. The van der Waals surface area contributed by atoms with E-state index in [-0.39, 0.29) is 5.91 Å². The van der Waals surface area contributed by atoms with Crippen LogP contribution in [0.3, 0.4) is 0 Å². The van der Waals surface area contributed by atoms with Crippen LogP contribution in [0, 0.1) is 0 Å². The highest BCUT2D eigenvalue weighted by Gasteiger charge is 2.17. The van der Waals surface area contributed by atoms with E-state index in [1.165, 1.54) is 0 Å². The highest BCUT2D eigenvalue weighted by Crippen LogP contribution is 2.34. The monoisotopic (exact) mass is 517 g/mol. The van der Waals surface area contributed by atoms with E-state index in [4.69, 9.17) is 23.9 Å². The van der Waals surface area contributed by atoms with Crippen molar-refractivity contribution in [3.05, 3.63) is 65.7 Å². The Morgan fingerprint density at radius 2 is 1.74 bits per heavy atom. The van der Waals surface area contributed by atoms with Gasteiger partial charge in [0.1, 0.15) is 5.82 Å². The molecule has 4 aromatic rings. The molecule has 1 N–H and O–H groups in total. The fourth-order valence-corrected chi connectivity index (χ4v) is 4.49. The molecular formula is C30H35N3O5. The van der Waals surface area contributed by atoms with Crippen LogP contribution < -0.4 is 24.3 Å². The number of nitrogens with one attached hydrogen (secondary N) is 1. The van der Waals surface area contributed by atoms with Gasteiger partial charge in [-0.15, -0.1) is 0 Å². The van der Waals surface area contributed by atoms with E-state index in [1.54, 1.807) is 21.3 Å². The van der Waals surface area contributed by atoms with Gasteiger partial charge in [-0.3, -0.25) is 4.79 Å². The first kappa shape index (κ1) is 26.9. The number of aryl methyl sites for hydroxylation is 1. The molecule has 38 heavy (non-hydrogen) atoms. The van der Waals surface area contributed by atoms with Crippen molar-refractivity contribution in [1.82, 2.24) is 14.9 Å². The fourth-order valence-electron chi connectivity index (χ4n) is 4.49. The van der Waals surface area contributed by atoms with Crippen molar-refractivity contribution in [1.29, 1.82) is 0 Å². The lowest BCUT2D eigenvalue weighted by Crippen LogP contribution is -2.23. The maximum atomic E-state index is 13.1. The smallest absolute Gasteiger partial charge is 0.251 e. The van der Waals surface area contributed by atoms with Gasteiger partial charge in [0.25, 0.3) is 5.91 Å². The standard InChI is InChI=1S/C30H35N3O5/c1-6-8-16-33-24-14-12-21(30(34)31-19-22-10-9-11-26(36-4)28(22)37-5)17-23(24)32-29(33)20-13-15-25(35-3)27(18-20)38-7-2/h9-15,17-18H,6-8,16,19H2,1-5H3,(H,31,34). The van der Waals surface area contributed by atoms with Crippen LogP contribution in [0.1, 0.15) is 42.6 Å². The SMILES string of the molecule is CCCCn1c(-c2ccc(OC)c(OCC)c2)nc2cc(C(=O)NCc3cccc(OC)c3OC)ccc21. The molecule has 0 saturated heterocycles. The number of carbonyl (C=O) groups excluding carboxylic acids is 1. The molecule has 0 fully saturated rings. The molecule has 0 atom stereocenters. The van der Waals surface area contributed by atoms with Crippen LogP contribution in [0.5, 0.6) is 23.0 Å². The Bertz CT molecular complexity index is 1410. The summed E-state index contributed by atoms with van der Waals surface area (Å²) in [6.45, 7) is 5.77. The Morgan fingerprint density at radius 3 is 2.45 bits per heavy atom. The number of hydrogen-bond donors (Lipinski definition) is 1. The van der Waals surface area contributed by atoms with Gasteiger partial charge >= 0.3 is 0 Å². The summed E-state index contributed by atoms with van der Waals surface area (Å²) >= 11 is 0. The summed E-state index contributed by atoms with van der Waals surface area (Å²) in [5, 5.41) is 2.99. The summed E-state index contributed by atoms with van der Waals surface area (Å²) < 4.78 is 24.3. The van der Waals surface area contributed by atoms with E-state index in [9.17, 15) is 4.79 Å². The molecule has 0 radical (unpaired) electrons. The van der Waals surface area contributed by atoms with Gasteiger partial charge in [0, 0.05) is 29.8 Å². The molecule has 8 heteroatoms. The molecule has 0 aliphatic carbocycles. The van der Waals surface area contributed by atoms with Gasteiger partial charge in [-0.25, -0.2) is 4.98 Å². The van der Waals surface area contributed by atoms with Crippen molar-refractivity contribution in [2.45, 2.75) is 39.8 Å². The van der Waals surface area contributed by atoms with E-state index in [0.717, 1.165) is 47.4 Å². The molecule has 1 amide bonds. The molecule has 0 unspecified atom stereocenters. The average molecular weight is 518 g/mol. The fraction of sp³-hybridized carbons (Fsp3) is 0.333. The summed E-state index contributed by atoms with van der Waals surface area (Å²) in [5.74, 6) is 3.22. The van der Waals surface area contributed by atoms with Crippen LogP contribution in [0.2, 0.25) is 0 Å². The minimum Gasteiger partial charge on any atom is -0.493 e. The van der Waals surface area contributed by atoms with Crippen molar-refractivity contribution in [3.8, 4) is 34.4 Å². The number of aromatic nitrogens is 2. The van der Waals surface area contributed by atoms with Gasteiger partial charge in [-0.1, -0.05) is 25.5 Å². The van der Waals surface area contributed by atoms with E-state index in [0.29, 0.717) is 41.7 Å². The van der Waals surface area contributed by atoms with E-state index in [1.807, 2.05) is 61.5 Å². The lowest BCUT2D eigenvalue weighted by Gasteiger charge is -2.13. The summed E-state index contributed by atoms with van der Waals surface area (Å²) in [6.07, 6.45) is 2.07. The topological polar surface area (TPSA) is 83.8 Å². The number of para-hydroxylation sites is 1. The zero-order valence-electron chi connectivity index (χ0n) is 22.7. The first-order valence-electron chi connectivity index (χ1n) is 12.8. The third-order valence-corrected chi connectivity index (χ3v) is 6.39. The molecule has 1 heterocycles. The van der Waals surface area contributed by atoms with E-state index >= 15 is 0 Å². The first-order chi connectivity index (χ1) is 18.5. The average Bonchev–Trinajstić information content (AvgIpc) is 3.32. The van der Waals surface area contributed by atoms with E-state index in [2.05, 4.69) is 16.8 Å². The zero-order valence-corrected chi connectivity index (χ0v) is 22.7. The number of rotatable bonds is 12. The number of nitrogens with zero attached hydrogens (tertiary/aromatic N) is 2. The first-order valence-corrected chi connectivity index (χ1v) is 12.8. The molecule has 0 aliphatic heterocycles. The van der Waals surface area contributed by atoms with Crippen LogP contribution in [0.15, 0.2) is 54.6 Å². The van der Waals surface area contributed by atoms with Crippen LogP contribution in [0.4, 0.5) is 0 Å². The quantitative estimate of drug-likeness (QED) is 0.254. The number of ether oxygens (including phenoxy) is 4. The summed E-state index contributed by atoms with van der Waals surface area (Å²) in [7, 11) is 4.81. The minimum atomic E-state index is -0.190. The lowest BCUT2D eigenvalue weighted by atomic mass is 10.1. The molecule has 3 aromatic carbocycles. The third kappa shape index (κ3) is 5.54. The molecule has 0 aliphatic rings. The van der Waals surface area contributed by atoms with Crippen molar-refractivity contribution >= 4 is 16.9 Å². The van der Waals surface area contributed by atoms with Gasteiger partial charge < -0.3 is 28.8 Å². The van der Waals surface area contributed by atoms with Gasteiger partial charge in [-0.05, 0) is 55.8 Å². The summed E-state index contributed by atoms with van der Waals surface area (Å²) in [5.41, 5.74) is 4.04. The molecule has 1 aromatic heterocycles. The van der Waals surface area contributed by atoms with Gasteiger partial charge in [0.2, 0.25) is 0 Å². The number of fused-ring (bicyclic) bond motifs is 1. The molecular weight excluding hydrogens is 482 g/mol. The Balaban J connectivity index is 1.65. The summed E-state index contributed by atoms with van der Waals surface area (Å²) in [4.78, 5) is 18.0. The van der Waals surface area contributed by atoms with E-state index < -0.39 is 0 Å². The Kier molecular flexibility index (Phi) is 8.73. The zero-order chi connectivity index (χ0) is 27.1.